The minimum absolute atomic E-state index is 0.605. The first-order valence-corrected chi connectivity index (χ1v) is 5.60. The first-order valence-electron chi connectivity index (χ1n) is 5.60. The molecule has 1 saturated carbocycles. The fourth-order valence-electron chi connectivity index (χ4n) is 2.23. The summed E-state index contributed by atoms with van der Waals surface area (Å²) >= 11 is 0. The van der Waals surface area contributed by atoms with E-state index in [0.29, 0.717) is 19.1 Å². The van der Waals surface area contributed by atoms with E-state index < -0.39 is 5.60 Å². The minimum Gasteiger partial charge on any atom is -0.388 e. The lowest BCUT2D eigenvalue weighted by Crippen LogP contribution is -2.47. The largest absolute Gasteiger partial charge is 0.388 e. The monoisotopic (exact) mass is 200 g/mol. The molecule has 3 heteroatoms. The molecule has 0 aromatic rings. The van der Waals surface area contributed by atoms with Crippen molar-refractivity contribution >= 4 is 0 Å². The van der Waals surface area contributed by atoms with Crippen molar-refractivity contribution in [3.05, 3.63) is 0 Å². The smallest absolute Gasteiger partial charge is 0.0869 e. The van der Waals surface area contributed by atoms with Gasteiger partial charge < -0.3 is 15.3 Å². The van der Waals surface area contributed by atoms with E-state index >= 15 is 0 Å². The maximum absolute atomic E-state index is 10.0. The van der Waals surface area contributed by atoms with E-state index in [2.05, 4.69) is 5.32 Å². The van der Waals surface area contributed by atoms with E-state index in [4.69, 9.17) is 0 Å². The van der Waals surface area contributed by atoms with Crippen LogP contribution in [-0.4, -0.2) is 48.8 Å². The Morgan fingerprint density at radius 1 is 1.36 bits per heavy atom. The second-order valence-electron chi connectivity index (χ2n) is 5.10. The quantitative estimate of drug-likeness (QED) is 0.690. The van der Waals surface area contributed by atoms with Crippen LogP contribution in [0.25, 0.3) is 0 Å². The van der Waals surface area contributed by atoms with Gasteiger partial charge in [0.05, 0.1) is 5.60 Å². The maximum atomic E-state index is 10.0. The summed E-state index contributed by atoms with van der Waals surface area (Å²) in [6.45, 7) is 3.32. The fraction of sp³-hybridized carbons (Fsp3) is 1.00. The van der Waals surface area contributed by atoms with Gasteiger partial charge in [-0.1, -0.05) is 12.8 Å². The first kappa shape index (κ1) is 12.0. The van der Waals surface area contributed by atoms with Crippen molar-refractivity contribution in [3.63, 3.8) is 0 Å². The van der Waals surface area contributed by atoms with Crippen LogP contribution in [0.4, 0.5) is 0 Å². The van der Waals surface area contributed by atoms with Gasteiger partial charge in [0, 0.05) is 19.1 Å². The predicted molar refractivity (Wildman–Crippen MR) is 59.4 cm³/mol. The second-order valence-corrected chi connectivity index (χ2v) is 5.10. The van der Waals surface area contributed by atoms with E-state index in [-0.39, 0.29) is 0 Å². The van der Waals surface area contributed by atoms with Gasteiger partial charge in [0.25, 0.3) is 0 Å². The number of likely N-dealkylation sites (N-methyl/N-ethyl adjacent to an activating group) is 1. The van der Waals surface area contributed by atoms with Crippen molar-refractivity contribution in [1.29, 1.82) is 0 Å². The van der Waals surface area contributed by atoms with Crippen molar-refractivity contribution in [1.82, 2.24) is 10.2 Å². The van der Waals surface area contributed by atoms with E-state index in [0.717, 1.165) is 0 Å². The SMILES string of the molecule is CN(C)CC(C)(O)CNC1CCCC1. The molecule has 0 aliphatic heterocycles. The molecule has 1 aliphatic carbocycles. The zero-order valence-electron chi connectivity index (χ0n) is 9.71. The molecule has 0 aromatic heterocycles. The average molecular weight is 200 g/mol. The molecule has 1 atom stereocenters. The van der Waals surface area contributed by atoms with Crippen LogP contribution in [0, 0.1) is 0 Å². The standard InChI is InChI=1S/C11H24N2O/c1-11(14,9-13(2)3)8-12-10-6-4-5-7-10/h10,12,14H,4-9H2,1-3H3. The number of nitrogens with zero attached hydrogens (tertiary/aromatic N) is 1. The van der Waals surface area contributed by atoms with Crippen molar-refractivity contribution in [2.24, 2.45) is 0 Å². The lowest BCUT2D eigenvalue weighted by Gasteiger charge is -2.28. The van der Waals surface area contributed by atoms with Crippen LogP contribution in [0.5, 0.6) is 0 Å². The summed E-state index contributed by atoms with van der Waals surface area (Å²) < 4.78 is 0. The summed E-state index contributed by atoms with van der Waals surface area (Å²) in [5, 5.41) is 13.5. The third kappa shape index (κ3) is 4.40. The van der Waals surface area contributed by atoms with Gasteiger partial charge >= 0.3 is 0 Å². The highest BCUT2D eigenvalue weighted by Gasteiger charge is 2.23. The minimum atomic E-state index is -0.605. The fourth-order valence-corrected chi connectivity index (χ4v) is 2.23. The molecule has 1 rings (SSSR count). The van der Waals surface area contributed by atoms with E-state index in [1.54, 1.807) is 0 Å². The molecule has 0 bridgehead atoms. The van der Waals surface area contributed by atoms with Crippen LogP contribution < -0.4 is 5.32 Å². The van der Waals surface area contributed by atoms with Gasteiger partial charge in [-0.05, 0) is 33.9 Å². The van der Waals surface area contributed by atoms with Crippen LogP contribution >= 0.6 is 0 Å². The van der Waals surface area contributed by atoms with Gasteiger partial charge in [0.15, 0.2) is 0 Å². The zero-order chi connectivity index (χ0) is 10.6. The maximum Gasteiger partial charge on any atom is 0.0869 e. The van der Waals surface area contributed by atoms with E-state index in [1.807, 2.05) is 25.9 Å². The summed E-state index contributed by atoms with van der Waals surface area (Å²) in [5.74, 6) is 0. The molecule has 1 fully saturated rings. The van der Waals surface area contributed by atoms with Gasteiger partial charge in [-0.25, -0.2) is 0 Å². The molecule has 0 heterocycles. The van der Waals surface area contributed by atoms with Crippen molar-refractivity contribution in [2.45, 2.75) is 44.2 Å². The second kappa shape index (κ2) is 5.10. The topological polar surface area (TPSA) is 35.5 Å². The molecule has 0 radical (unpaired) electrons. The van der Waals surface area contributed by atoms with Gasteiger partial charge in [-0.3, -0.25) is 0 Å². The number of aliphatic hydroxyl groups is 1. The van der Waals surface area contributed by atoms with Crippen molar-refractivity contribution in [2.75, 3.05) is 27.2 Å². The van der Waals surface area contributed by atoms with Gasteiger partial charge in [0.1, 0.15) is 0 Å². The molecule has 1 aliphatic rings. The van der Waals surface area contributed by atoms with Crippen LogP contribution in [0.3, 0.4) is 0 Å². The first-order chi connectivity index (χ1) is 6.49. The number of nitrogens with one attached hydrogen (secondary N) is 1. The van der Waals surface area contributed by atoms with Crippen molar-refractivity contribution in [3.8, 4) is 0 Å². The Morgan fingerprint density at radius 3 is 2.43 bits per heavy atom. The number of hydrogen-bond acceptors (Lipinski definition) is 3. The van der Waals surface area contributed by atoms with Crippen LogP contribution in [0.2, 0.25) is 0 Å². The molecule has 0 spiro atoms. The summed E-state index contributed by atoms with van der Waals surface area (Å²) in [6.07, 6.45) is 5.23. The number of rotatable bonds is 5. The molecule has 0 aromatic carbocycles. The Balaban J connectivity index is 2.20. The highest BCUT2D eigenvalue weighted by Crippen LogP contribution is 2.18. The predicted octanol–water partition coefficient (Wildman–Crippen LogP) is 0.831. The Labute approximate surface area is 87.5 Å². The van der Waals surface area contributed by atoms with Gasteiger partial charge in [0.2, 0.25) is 0 Å². The van der Waals surface area contributed by atoms with Crippen LogP contribution in [0.1, 0.15) is 32.6 Å². The van der Waals surface area contributed by atoms with Gasteiger partial charge in [-0.2, -0.15) is 0 Å². The van der Waals surface area contributed by atoms with Crippen molar-refractivity contribution < 1.29 is 5.11 Å². The Kier molecular flexibility index (Phi) is 4.35. The van der Waals surface area contributed by atoms with E-state index in [9.17, 15) is 5.11 Å². The summed E-state index contributed by atoms with van der Waals surface area (Å²) in [5.41, 5.74) is -0.605. The lowest BCUT2D eigenvalue weighted by molar-refractivity contribution is 0.0315. The van der Waals surface area contributed by atoms with Crippen LogP contribution in [0.15, 0.2) is 0 Å². The third-order valence-electron chi connectivity index (χ3n) is 2.78. The Hall–Kier alpha value is -0.120. The lowest BCUT2D eigenvalue weighted by atomic mass is 10.1. The molecule has 0 saturated heterocycles. The average Bonchev–Trinajstić information content (AvgIpc) is 2.50. The molecule has 0 amide bonds. The molecule has 2 N–H and O–H groups in total. The molecule has 14 heavy (non-hydrogen) atoms. The highest BCUT2D eigenvalue weighted by atomic mass is 16.3. The van der Waals surface area contributed by atoms with Gasteiger partial charge in [-0.15, -0.1) is 0 Å². The Morgan fingerprint density at radius 2 is 1.93 bits per heavy atom. The Bertz CT molecular complexity index is 163. The summed E-state index contributed by atoms with van der Waals surface area (Å²) in [6, 6.07) is 0.642. The third-order valence-corrected chi connectivity index (χ3v) is 2.78. The number of hydrogen-bond donors (Lipinski definition) is 2. The summed E-state index contributed by atoms with van der Waals surface area (Å²) in [7, 11) is 3.98. The molecule has 84 valence electrons. The van der Waals surface area contributed by atoms with Crippen LogP contribution in [-0.2, 0) is 0 Å². The zero-order valence-corrected chi connectivity index (χ0v) is 9.71. The molecule has 3 nitrogen and oxygen atoms in total. The molecular weight excluding hydrogens is 176 g/mol. The van der Waals surface area contributed by atoms with E-state index in [1.165, 1.54) is 25.7 Å². The highest BCUT2D eigenvalue weighted by molar-refractivity contribution is 4.82. The molecular formula is C11H24N2O. The molecule has 1 unspecified atom stereocenters. The summed E-state index contributed by atoms with van der Waals surface area (Å²) in [4.78, 5) is 2.02. The normalized spacial score (nSPS) is 22.9.